The van der Waals surface area contributed by atoms with E-state index in [1.165, 1.54) is 21.8 Å². The normalized spacial score (nSPS) is 12.0. The fraction of sp³-hybridized carbons (Fsp3) is 0. The maximum absolute atomic E-state index is 7.02. The smallest absolute Gasteiger partial charge is 0.235 e. The van der Waals surface area contributed by atoms with E-state index in [4.69, 9.17) is 14.4 Å². The van der Waals surface area contributed by atoms with Gasteiger partial charge in [-0.3, -0.25) is 4.57 Å². The van der Waals surface area contributed by atoms with Gasteiger partial charge < -0.3 is 8.98 Å². The summed E-state index contributed by atoms with van der Waals surface area (Å²) >= 11 is 0. The van der Waals surface area contributed by atoms with E-state index >= 15 is 0 Å². The van der Waals surface area contributed by atoms with Crippen LogP contribution < -0.4 is 0 Å². The van der Waals surface area contributed by atoms with Crippen LogP contribution in [0.5, 0.6) is 0 Å². The summed E-state index contributed by atoms with van der Waals surface area (Å²) < 4.78 is 11.6. The second-order valence-corrected chi connectivity index (χ2v) is 16.9. The fourth-order valence-corrected chi connectivity index (χ4v) is 10.3. The first-order valence-corrected chi connectivity index (χ1v) is 22.1. The first-order chi connectivity index (χ1) is 32.2. The maximum Gasteiger partial charge on any atom is 0.235 e. The molecule has 0 atom stereocenters. The van der Waals surface area contributed by atoms with Gasteiger partial charge in [-0.1, -0.05) is 146 Å². The number of hydrogen-bond acceptors (Lipinski definition) is 3. The molecule has 0 aliphatic carbocycles. The maximum atomic E-state index is 7.02. The lowest BCUT2D eigenvalue weighted by atomic mass is 9.96. The van der Waals surface area contributed by atoms with Crippen LogP contribution in [0.25, 0.3) is 132 Å². The molecule has 0 saturated carbocycles. The standard InChI is InChI=1S/C60H36N4O/c1-3-15-37(16-4-1)41-35-50-46-30-27-38-17-7-8-20-43(38)58(46)65-59(50)51(36-41)57-47-23-9-12-24-52(47)61-60(62-57)64-54-26-14-11-22-45(54)49-34-40(29-32-56(49)64)39-28-31-55-48(33-39)44-21-10-13-25-53(44)63(55)42-18-5-2-6-19-42/h1-36H. The van der Waals surface area contributed by atoms with E-state index in [1.54, 1.807) is 0 Å². The zero-order valence-electron chi connectivity index (χ0n) is 35.0. The SMILES string of the molecule is c1ccc(-c2cc(-c3nc(-n4c5ccccc5c5cc(-c6ccc7c(c6)c6ccccc6n7-c6ccccc6)ccc54)nc4ccccc34)c3oc4c5ccccc5ccc4c3c2)cc1. The van der Waals surface area contributed by atoms with E-state index in [0.29, 0.717) is 5.95 Å². The second kappa shape index (κ2) is 13.9. The quantitative estimate of drug-likeness (QED) is 0.174. The number of nitrogens with zero attached hydrogens (tertiary/aromatic N) is 4. The lowest BCUT2D eigenvalue weighted by Gasteiger charge is -2.13. The average molecular weight is 829 g/mol. The van der Waals surface area contributed by atoms with Crippen LogP contribution in [-0.4, -0.2) is 19.1 Å². The highest BCUT2D eigenvalue weighted by atomic mass is 16.3. The molecule has 0 radical (unpaired) electrons. The molecule has 0 unspecified atom stereocenters. The molecule has 4 aromatic heterocycles. The number of rotatable bonds is 5. The van der Waals surface area contributed by atoms with Gasteiger partial charge >= 0.3 is 0 Å². The monoisotopic (exact) mass is 828 g/mol. The van der Waals surface area contributed by atoms with Crippen molar-refractivity contribution in [3.05, 3.63) is 218 Å². The Bertz CT molecular complexity index is 4240. The van der Waals surface area contributed by atoms with Gasteiger partial charge in [0.2, 0.25) is 5.95 Å². The Morgan fingerprint density at radius 1 is 0.323 bits per heavy atom. The summed E-state index contributed by atoms with van der Waals surface area (Å²) in [6, 6.07) is 77.8. The van der Waals surface area contributed by atoms with Gasteiger partial charge in [-0.25, -0.2) is 9.97 Å². The van der Waals surface area contributed by atoms with Crippen molar-refractivity contribution in [3.8, 4) is 45.1 Å². The Hall–Kier alpha value is -8.80. The van der Waals surface area contributed by atoms with Crippen LogP contribution in [0.4, 0.5) is 0 Å². The minimum atomic E-state index is 0.604. The third kappa shape index (κ3) is 5.39. The molecule has 0 N–H and O–H groups in total. The molecular weight excluding hydrogens is 793 g/mol. The summed E-state index contributed by atoms with van der Waals surface area (Å²) in [7, 11) is 0. The summed E-state index contributed by atoms with van der Waals surface area (Å²) in [6.07, 6.45) is 0. The number of hydrogen-bond donors (Lipinski definition) is 0. The molecule has 0 aliphatic heterocycles. The van der Waals surface area contributed by atoms with Crippen molar-refractivity contribution in [2.24, 2.45) is 0 Å². The van der Waals surface area contributed by atoms with E-state index in [2.05, 4.69) is 228 Å². The Morgan fingerprint density at radius 2 is 0.892 bits per heavy atom. The molecule has 0 aliphatic rings. The van der Waals surface area contributed by atoms with E-state index in [0.717, 1.165) is 105 Å². The molecule has 65 heavy (non-hydrogen) atoms. The minimum Gasteiger partial charge on any atom is -0.455 e. The van der Waals surface area contributed by atoms with Crippen molar-refractivity contribution in [2.45, 2.75) is 0 Å². The zero-order valence-corrected chi connectivity index (χ0v) is 35.0. The first kappa shape index (κ1) is 35.8. The number of para-hydroxylation sites is 4. The summed E-state index contributed by atoms with van der Waals surface area (Å²) in [4.78, 5) is 10.9. The Morgan fingerprint density at radius 3 is 1.63 bits per heavy atom. The first-order valence-electron chi connectivity index (χ1n) is 22.1. The van der Waals surface area contributed by atoms with Crippen molar-refractivity contribution in [3.63, 3.8) is 0 Å². The predicted molar refractivity (Wildman–Crippen MR) is 269 cm³/mol. The third-order valence-corrected chi connectivity index (χ3v) is 13.3. The molecule has 5 nitrogen and oxygen atoms in total. The van der Waals surface area contributed by atoms with Crippen LogP contribution in [0.15, 0.2) is 223 Å². The Kier molecular flexibility index (Phi) is 7.62. The molecule has 4 heterocycles. The summed E-state index contributed by atoms with van der Waals surface area (Å²) in [5, 5.41) is 10.1. The Balaban J connectivity index is 0.991. The second-order valence-electron chi connectivity index (χ2n) is 16.9. The zero-order chi connectivity index (χ0) is 42.6. The van der Waals surface area contributed by atoms with Gasteiger partial charge in [-0.15, -0.1) is 0 Å². The predicted octanol–water partition coefficient (Wildman–Crippen LogP) is 15.9. The largest absolute Gasteiger partial charge is 0.455 e. The summed E-state index contributed by atoms with van der Waals surface area (Å²) in [5.74, 6) is 0.604. The molecule has 0 bridgehead atoms. The number of benzene rings is 10. The van der Waals surface area contributed by atoms with E-state index in [9.17, 15) is 0 Å². The highest BCUT2D eigenvalue weighted by molar-refractivity contribution is 6.19. The summed E-state index contributed by atoms with van der Waals surface area (Å²) in [5.41, 5.74) is 14.4. The van der Waals surface area contributed by atoms with E-state index in [1.807, 2.05) is 0 Å². The van der Waals surface area contributed by atoms with Gasteiger partial charge in [-0.2, -0.15) is 0 Å². The van der Waals surface area contributed by atoms with Gasteiger partial charge in [0.15, 0.2) is 0 Å². The van der Waals surface area contributed by atoms with Crippen LogP contribution in [0.1, 0.15) is 0 Å². The Labute approximate surface area is 372 Å². The van der Waals surface area contributed by atoms with Gasteiger partial charge in [0.25, 0.3) is 0 Å². The molecule has 10 aromatic carbocycles. The van der Waals surface area contributed by atoms with Gasteiger partial charge in [0.05, 0.1) is 33.3 Å². The molecule has 14 rings (SSSR count). The fourth-order valence-electron chi connectivity index (χ4n) is 10.3. The molecule has 0 spiro atoms. The van der Waals surface area contributed by atoms with Crippen molar-refractivity contribution in [1.29, 1.82) is 0 Å². The molecule has 14 aromatic rings. The van der Waals surface area contributed by atoms with Crippen molar-refractivity contribution in [2.75, 3.05) is 0 Å². The topological polar surface area (TPSA) is 48.8 Å². The van der Waals surface area contributed by atoms with Gasteiger partial charge in [-0.05, 0) is 100 Å². The lowest BCUT2D eigenvalue weighted by molar-refractivity contribution is 0.673. The van der Waals surface area contributed by atoms with Crippen LogP contribution in [-0.2, 0) is 0 Å². The molecule has 0 fully saturated rings. The molecular formula is C60H36N4O. The van der Waals surface area contributed by atoms with Crippen LogP contribution in [0, 0.1) is 0 Å². The summed E-state index contributed by atoms with van der Waals surface area (Å²) in [6.45, 7) is 0. The van der Waals surface area contributed by atoms with E-state index in [-0.39, 0.29) is 0 Å². The number of aromatic nitrogens is 4. The molecule has 0 amide bonds. The number of furan rings is 1. The number of fused-ring (bicyclic) bond motifs is 12. The van der Waals surface area contributed by atoms with Crippen LogP contribution in [0.2, 0.25) is 0 Å². The van der Waals surface area contributed by atoms with E-state index < -0.39 is 0 Å². The molecule has 0 saturated heterocycles. The van der Waals surface area contributed by atoms with Crippen molar-refractivity contribution < 1.29 is 4.42 Å². The highest BCUT2D eigenvalue weighted by Gasteiger charge is 2.23. The highest BCUT2D eigenvalue weighted by Crippen LogP contribution is 2.44. The average Bonchev–Trinajstić information content (AvgIpc) is 4.04. The molecule has 5 heteroatoms. The molecule has 302 valence electrons. The van der Waals surface area contributed by atoms with Crippen LogP contribution >= 0.6 is 0 Å². The van der Waals surface area contributed by atoms with Crippen molar-refractivity contribution >= 4 is 87.2 Å². The minimum absolute atomic E-state index is 0.604. The third-order valence-electron chi connectivity index (χ3n) is 13.3. The van der Waals surface area contributed by atoms with Crippen molar-refractivity contribution in [1.82, 2.24) is 19.1 Å². The van der Waals surface area contributed by atoms with Gasteiger partial charge in [0, 0.05) is 54.3 Å². The van der Waals surface area contributed by atoms with Crippen LogP contribution in [0.3, 0.4) is 0 Å². The lowest BCUT2D eigenvalue weighted by Crippen LogP contribution is -2.03. The van der Waals surface area contributed by atoms with Gasteiger partial charge in [0.1, 0.15) is 11.2 Å².